The largest absolute Gasteiger partial charge is 0.348 e. The maximum Gasteiger partial charge on any atom is 0.271 e. The molecule has 0 aromatic carbocycles. The van der Waals surface area contributed by atoms with Crippen molar-refractivity contribution in [2.45, 2.75) is 19.9 Å². The van der Waals surface area contributed by atoms with E-state index in [4.69, 9.17) is 11.6 Å². The summed E-state index contributed by atoms with van der Waals surface area (Å²) < 4.78 is 0.371. The Balaban J connectivity index is 2.86. The van der Waals surface area contributed by atoms with Gasteiger partial charge in [-0.25, -0.2) is 9.97 Å². The summed E-state index contributed by atoms with van der Waals surface area (Å²) >= 11 is 8.73. The fraction of sp³-hybridized carbons (Fsp3) is 0.375. The Bertz CT molecular complexity index is 356. The molecule has 0 bridgehead atoms. The minimum Gasteiger partial charge on any atom is -0.348 e. The summed E-state index contributed by atoms with van der Waals surface area (Å²) in [6.45, 7) is 3.74. The van der Waals surface area contributed by atoms with Gasteiger partial charge in [0.25, 0.3) is 5.91 Å². The van der Waals surface area contributed by atoms with Crippen LogP contribution >= 0.6 is 27.5 Å². The number of rotatable bonds is 2. The van der Waals surface area contributed by atoms with Gasteiger partial charge in [-0.05, 0) is 29.8 Å². The number of carbonyl (C=O) groups excluding carboxylic acids is 1. The molecule has 14 heavy (non-hydrogen) atoms. The van der Waals surface area contributed by atoms with E-state index in [9.17, 15) is 4.79 Å². The van der Waals surface area contributed by atoms with Gasteiger partial charge in [0, 0.05) is 6.04 Å². The number of hydrogen-bond donors (Lipinski definition) is 1. The zero-order valence-electron chi connectivity index (χ0n) is 7.71. The SMILES string of the molecule is CC(C)NC(=O)c1cnc(Cl)c(Br)n1. The molecule has 0 spiro atoms. The maximum atomic E-state index is 11.4. The summed E-state index contributed by atoms with van der Waals surface area (Å²) in [7, 11) is 0. The normalized spacial score (nSPS) is 10.4. The fourth-order valence-electron chi connectivity index (χ4n) is 0.797. The fourth-order valence-corrected chi connectivity index (χ4v) is 1.18. The van der Waals surface area contributed by atoms with Crippen LogP contribution in [0.4, 0.5) is 0 Å². The molecular weight excluding hydrogens is 269 g/mol. The van der Waals surface area contributed by atoms with Crippen molar-refractivity contribution in [2.24, 2.45) is 0 Å². The predicted octanol–water partition coefficient (Wildman–Crippen LogP) is 2.03. The molecule has 0 saturated heterocycles. The molecule has 0 fully saturated rings. The Kier molecular flexibility index (Phi) is 3.83. The topological polar surface area (TPSA) is 54.9 Å². The monoisotopic (exact) mass is 277 g/mol. The van der Waals surface area contributed by atoms with E-state index in [0.717, 1.165) is 0 Å². The minimum absolute atomic E-state index is 0.0683. The van der Waals surface area contributed by atoms with E-state index >= 15 is 0 Å². The van der Waals surface area contributed by atoms with Gasteiger partial charge in [-0.1, -0.05) is 11.6 Å². The zero-order chi connectivity index (χ0) is 10.7. The van der Waals surface area contributed by atoms with E-state index in [0.29, 0.717) is 4.60 Å². The molecule has 76 valence electrons. The number of nitrogens with zero attached hydrogens (tertiary/aromatic N) is 2. The van der Waals surface area contributed by atoms with Gasteiger partial charge in [0.1, 0.15) is 10.3 Å². The molecule has 1 amide bonds. The Morgan fingerprint density at radius 2 is 2.29 bits per heavy atom. The van der Waals surface area contributed by atoms with E-state index in [-0.39, 0.29) is 22.8 Å². The van der Waals surface area contributed by atoms with Gasteiger partial charge in [-0.3, -0.25) is 4.79 Å². The predicted molar refractivity (Wildman–Crippen MR) is 57.3 cm³/mol. The Morgan fingerprint density at radius 3 is 2.79 bits per heavy atom. The standard InChI is InChI=1S/C8H9BrClN3O/c1-4(2)12-8(14)5-3-11-7(10)6(9)13-5/h3-4H,1-2H3,(H,12,14). The van der Waals surface area contributed by atoms with Crippen LogP contribution in [-0.4, -0.2) is 21.9 Å². The first-order valence-corrected chi connectivity index (χ1v) is 5.16. The average Bonchev–Trinajstić information content (AvgIpc) is 2.08. The molecule has 4 nitrogen and oxygen atoms in total. The quantitative estimate of drug-likeness (QED) is 0.900. The molecule has 0 aliphatic carbocycles. The molecule has 1 heterocycles. The van der Waals surface area contributed by atoms with Gasteiger partial charge in [-0.15, -0.1) is 0 Å². The van der Waals surface area contributed by atoms with Crippen LogP contribution in [0.2, 0.25) is 5.15 Å². The zero-order valence-corrected chi connectivity index (χ0v) is 10.1. The first-order valence-electron chi connectivity index (χ1n) is 3.99. The molecular formula is C8H9BrClN3O. The van der Waals surface area contributed by atoms with Crippen LogP contribution in [0, 0.1) is 0 Å². The highest BCUT2D eigenvalue weighted by atomic mass is 79.9. The van der Waals surface area contributed by atoms with E-state index in [2.05, 4.69) is 31.2 Å². The molecule has 1 aromatic heterocycles. The Morgan fingerprint density at radius 1 is 1.64 bits per heavy atom. The molecule has 6 heteroatoms. The third-order valence-electron chi connectivity index (χ3n) is 1.34. The summed E-state index contributed by atoms with van der Waals surface area (Å²) in [4.78, 5) is 19.2. The lowest BCUT2D eigenvalue weighted by Gasteiger charge is -2.07. The molecule has 0 aliphatic rings. The van der Waals surface area contributed by atoms with Crippen molar-refractivity contribution >= 4 is 33.4 Å². The van der Waals surface area contributed by atoms with Crippen LogP contribution in [0.15, 0.2) is 10.8 Å². The summed E-state index contributed by atoms with van der Waals surface area (Å²) in [5.74, 6) is -0.259. The smallest absolute Gasteiger partial charge is 0.271 e. The molecule has 0 saturated carbocycles. The molecule has 0 atom stereocenters. The second-order valence-electron chi connectivity index (χ2n) is 2.97. The van der Waals surface area contributed by atoms with Crippen molar-refractivity contribution in [3.8, 4) is 0 Å². The first-order chi connectivity index (χ1) is 6.50. The van der Waals surface area contributed by atoms with E-state index in [1.165, 1.54) is 6.20 Å². The van der Waals surface area contributed by atoms with Gasteiger partial charge in [-0.2, -0.15) is 0 Å². The summed E-state index contributed by atoms with van der Waals surface area (Å²) in [5, 5.41) is 2.94. The highest BCUT2D eigenvalue weighted by Crippen LogP contribution is 2.16. The van der Waals surface area contributed by atoms with Crippen molar-refractivity contribution in [3.63, 3.8) is 0 Å². The van der Waals surface area contributed by atoms with E-state index in [1.54, 1.807) is 0 Å². The van der Waals surface area contributed by atoms with Gasteiger partial charge in [0.05, 0.1) is 6.20 Å². The van der Waals surface area contributed by atoms with Gasteiger partial charge in [0.2, 0.25) is 0 Å². The van der Waals surface area contributed by atoms with E-state index in [1.807, 2.05) is 13.8 Å². The summed E-state index contributed by atoms with van der Waals surface area (Å²) in [5.41, 5.74) is 0.245. The summed E-state index contributed by atoms with van der Waals surface area (Å²) in [6, 6.07) is 0.0683. The lowest BCUT2D eigenvalue weighted by Crippen LogP contribution is -2.30. The molecule has 1 aromatic rings. The van der Waals surface area contributed by atoms with Crippen LogP contribution in [0.25, 0.3) is 0 Å². The minimum atomic E-state index is -0.259. The number of nitrogens with one attached hydrogen (secondary N) is 1. The lowest BCUT2D eigenvalue weighted by molar-refractivity contribution is 0.0937. The molecule has 0 radical (unpaired) electrons. The third-order valence-corrected chi connectivity index (χ3v) is 2.40. The highest BCUT2D eigenvalue weighted by molar-refractivity contribution is 9.10. The number of amides is 1. The number of hydrogen-bond acceptors (Lipinski definition) is 3. The van der Waals surface area contributed by atoms with Crippen LogP contribution in [0.5, 0.6) is 0 Å². The Hall–Kier alpha value is -0.680. The number of aromatic nitrogens is 2. The van der Waals surface area contributed by atoms with Crippen LogP contribution in [0.3, 0.4) is 0 Å². The average molecular weight is 279 g/mol. The molecule has 0 unspecified atom stereocenters. The molecule has 1 N–H and O–H groups in total. The second kappa shape index (κ2) is 4.70. The summed E-state index contributed by atoms with van der Waals surface area (Å²) in [6.07, 6.45) is 1.34. The van der Waals surface area contributed by atoms with Crippen molar-refractivity contribution < 1.29 is 4.79 Å². The van der Waals surface area contributed by atoms with Gasteiger partial charge >= 0.3 is 0 Å². The Labute approximate surface area is 95.2 Å². The van der Waals surface area contributed by atoms with Crippen molar-refractivity contribution in [1.29, 1.82) is 0 Å². The van der Waals surface area contributed by atoms with Crippen LogP contribution in [-0.2, 0) is 0 Å². The lowest BCUT2D eigenvalue weighted by atomic mass is 10.3. The van der Waals surface area contributed by atoms with Crippen LogP contribution < -0.4 is 5.32 Å². The number of halogens is 2. The van der Waals surface area contributed by atoms with Crippen molar-refractivity contribution in [1.82, 2.24) is 15.3 Å². The highest BCUT2D eigenvalue weighted by Gasteiger charge is 2.10. The second-order valence-corrected chi connectivity index (χ2v) is 4.07. The first kappa shape index (κ1) is 11.4. The third kappa shape index (κ3) is 2.92. The molecule has 0 aliphatic heterocycles. The van der Waals surface area contributed by atoms with Crippen molar-refractivity contribution in [2.75, 3.05) is 0 Å². The van der Waals surface area contributed by atoms with E-state index < -0.39 is 0 Å². The van der Waals surface area contributed by atoms with Gasteiger partial charge in [0.15, 0.2) is 5.15 Å². The van der Waals surface area contributed by atoms with Crippen LogP contribution in [0.1, 0.15) is 24.3 Å². The number of carbonyl (C=O) groups is 1. The molecule has 1 rings (SSSR count). The van der Waals surface area contributed by atoms with Gasteiger partial charge < -0.3 is 5.32 Å². The van der Waals surface area contributed by atoms with Crippen molar-refractivity contribution in [3.05, 3.63) is 21.6 Å². The maximum absolute atomic E-state index is 11.4.